The monoisotopic (exact) mass is 403 g/mol. The lowest BCUT2D eigenvalue weighted by Gasteiger charge is -2.06. The number of nitrogens with zero attached hydrogens (tertiary/aromatic N) is 3. The number of hydrogen-bond donors (Lipinski definition) is 0. The Bertz CT molecular complexity index is 1220. The van der Waals surface area contributed by atoms with Gasteiger partial charge in [0.2, 0.25) is 0 Å². The Morgan fingerprint density at radius 1 is 1.07 bits per heavy atom. The van der Waals surface area contributed by atoms with Crippen molar-refractivity contribution in [2.45, 2.75) is 19.4 Å². The average molecular weight is 404 g/mol. The van der Waals surface area contributed by atoms with Crippen LogP contribution in [0.3, 0.4) is 0 Å². The summed E-state index contributed by atoms with van der Waals surface area (Å²) in [5.74, 6) is -0.568. The van der Waals surface area contributed by atoms with E-state index in [1.54, 1.807) is 18.5 Å². The molecule has 0 saturated carbocycles. The molecule has 0 atom stereocenters. The van der Waals surface area contributed by atoms with E-state index in [0.29, 0.717) is 24.2 Å². The Kier molecular flexibility index (Phi) is 4.32. The fraction of sp³-hybridized carbons (Fsp3) is 0.130. The molecule has 0 fully saturated rings. The first kappa shape index (κ1) is 17.9. The maximum absolute atomic E-state index is 13.3. The van der Waals surface area contributed by atoms with Crippen molar-refractivity contribution in [3.8, 4) is 0 Å². The van der Waals surface area contributed by atoms with Gasteiger partial charge in [-0.25, -0.2) is 9.38 Å². The number of hydrogen-bond acceptors (Lipinski definition) is 4. The van der Waals surface area contributed by atoms with E-state index in [2.05, 4.69) is 21.0 Å². The molecule has 1 aromatic heterocycles. The van der Waals surface area contributed by atoms with E-state index in [1.807, 2.05) is 18.2 Å². The number of benzene rings is 2. The number of fused-ring (bicyclic) bond motifs is 2. The maximum Gasteiger partial charge on any atom is 0.181 e. The molecule has 0 saturated heterocycles. The first-order valence-corrected chi connectivity index (χ1v) is 9.62. The minimum absolute atomic E-state index is 0.0197. The summed E-state index contributed by atoms with van der Waals surface area (Å²) in [5.41, 5.74) is 7.19. The number of aromatic nitrogens is 1. The standard InChI is InChI=1S/C23H15ClFN3O/c24-18-7-13(1-2-19(18)25)8-22(29)21-10-15-9-16-12-27-23(14-3-5-26-6-4-14)17(16)11-20(15)28-21/h1-7,9,11H,8,10,12H2. The predicted octanol–water partition coefficient (Wildman–Crippen LogP) is 4.67. The number of carbonyl (C=O) groups excluding carboxylic acids is 1. The van der Waals surface area contributed by atoms with Gasteiger partial charge in [0, 0.05) is 36.4 Å². The van der Waals surface area contributed by atoms with Gasteiger partial charge in [-0.3, -0.25) is 14.8 Å². The van der Waals surface area contributed by atoms with E-state index in [1.165, 1.54) is 12.1 Å². The van der Waals surface area contributed by atoms with Crippen molar-refractivity contribution < 1.29 is 9.18 Å². The van der Waals surface area contributed by atoms with Crippen molar-refractivity contribution in [2.75, 3.05) is 0 Å². The number of halogens is 2. The Balaban J connectivity index is 1.41. The fourth-order valence-corrected chi connectivity index (χ4v) is 3.95. The summed E-state index contributed by atoms with van der Waals surface area (Å²) in [4.78, 5) is 26.0. The Morgan fingerprint density at radius 3 is 2.69 bits per heavy atom. The van der Waals surface area contributed by atoms with Crippen LogP contribution in [0, 0.1) is 5.82 Å². The highest BCUT2D eigenvalue weighted by atomic mass is 35.5. The maximum atomic E-state index is 13.3. The van der Waals surface area contributed by atoms with Crippen LogP contribution in [-0.2, 0) is 24.2 Å². The molecule has 4 nitrogen and oxygen atoms in total. The number of aliphatic imine (C=N–C) groups is 2. The molecule has 0 unspecified atom stereocenters. The zero-order chi connectivity index (χ0) is 20.0. The van der Waals surface area contributed by atoms with Crippen molar-refractivity contribution in [3.63, 3.8) is 0 Å². The second kappa shape index (κ2) is 7.01. The van der Waals surface area contributed by atoms with E-state index < -0.39 is 5.82 Å². The molecule has 0 amide bonds. The molecule has 0 bridgehead atoms. The molecule has 3 aromatic rings. The summed E-state index contributed by atoms with van der Waals surface area (Å²) >= 11 is 5.82. The van der Waals surface area contributed by atoms with Gasteiger partial charge in [-0.05, 0) is 47.0 Å². The van der Waals surface area contributed by atoms with Gasteiger partial charge in [-0.2, -0.15) is 0 Å². The SMILES string of the molecule is O=C(Cc1ccc(F)c(Cl)c1)C1=Nc2cc3c(cc2C1)CN=C3c1ccncc1. The van der Waals surface area contributed by atoms with Gasteiger partial charge in [-0.1, -0.05) is 23.7 Å². The van der Waals surface area contributed by atoms with Gasteiger partial charge in [0.05, 0.1) is 28.7 Å². The van der Waals surface area contributed by atoms with Gasteiger partial charge in [0.15, 0.2) is 5.78 Å². The minimum atomic E-state index is -0.491. The second-order valence-corrected chi connectivity index (χ2v) is 7.53. The molecule has 29 heavy (non-hydrogen) atoms. The van der Waals surface area contributed by atoms with Gasteiger partial charge in [0.25, 0.3) is 0 Å². The summed E-state index contributed by atoms with van der Waals surface area (Å²) in [6.45, 7) is 0.623. The van der Waals surface area contributed by atoms with E-state index in [-0.39, 0.29) is 17.2 Å². The van der Waals surface area contributed by atoms with Gasteiger partial charge in [-0.15, -0.1) is 0 Å². The van der Waals surface area contributed by atoms with Gasteiger partial charge >= 0.3 is 0 Å². The molecule has 6 heteroatoms. The van der Waals surface area contributed by atoms with E-state index in [0.717, 1.165) is 33.7 Å². The number of rotatable bonds is 4. The van der Waals surface area contributed by atoms with Crippen LogP contribution >= 0.6 is 11.6 Å². The molecule has 2 aliphatic rings. The number of Topliss-reactive ketones (excluding diaryl/α,β-unsaturated/α-hetero) is 1. The van der Waals surface area contributed by atoms with E-state index in [4.69, 9.17) is 11.6 Å². The molecule has 142 valence electrons. The van der Waals surface area contributed by atoms with Crippen LogP contribution in [-0.4, -0.2) is 22.2 Å². The highest BCUT2D eigenvalue weighted by Crippen LogP contribution is 2.34. The third-order valence-electron chi connectivity index (χ3n) is 5.20. The van der Waals surface area contributed by atoms with Gasteiger partial charge < -0.3 is 0 Å². The zero-order valence-electron chi connectivity index (χ0n) is 15.3. The number of ketones is 1. The quantitative estimate of drug-likeness (QED) is 0.635. The van der Waals surface area contributed by atoms with Crippen LogP contribution in [0.15, 0.2) is 64.8 Å². The fourth-order valence-electron chi connectivity index (χ4n) is 3.75. The van der Waals surface area contributed by atoms with Crippen molar-refractivity contribution in [2.24, 2.45) is 9.98 Å². The third-order valence-corrected chi connectivity index (χ3v) is 5.49. The lowest BCUT2D eigenvalue weighted by Crippen LogP contribution is -2.16. The molecule has 0 spiro atoms. The molecule has 2 aromatic carbocycles. The number of pyridine rings is 1. The minimum Gasteiger partial charge on any atom is -0.292 e. The zero-order valence-corrected chi connectivity index (χ0v) is 16.1. The normalized spacial score (nSPS) is 14.3. The Hall–Kier alpha value is -3.18. The first-order chi connectivity index (χ1) is 14.1. The summed E-state index contributed by atoms with van der Waals surface area (Å²) in [5, 5.41) is 0.0197. The van der Waals surface area contributed by atoms with Crippen LogP contribution in [0.5, 0.6) is 0 Å². The topological polar surface area (TPSA) is 54.7 Å². The van der Waals surface area contributed by atoms with E-state index >= 15 is 0 Å². The van der Waals surface area contributed by atoms with Crippen LogP contribution in [0.4, 0.5) is 10.1 Å². The summed E-state index contributed by atoms with van der Waals surface area (Å²) in [6.07, 6.45) is 4.15. The lowest BCUT2D eigenvalue weighted by molar-refractivity contribution is -0.112. The van der Waals surface area contributed by atoms with E-state index in [9.17, 15) is 9.18 Å². The van der Waals surface area contributed by atoms with Gasteiger partial charge in [0.1, 0.15) is 5.82 Å². The van der Waals surface area contributed by atoms with Crippen LogP contribution in [0.2, 0.25) is 5.02 Å². The summed E-state index contributed by atoms with van der Waals surface area (Å²) < 4.78 is 13.3. The summed E-state index contributed by atoms with van der Waals surface area (Å²) in [7, 11) is 0. The predicted molar refractivity (Wildman–Crippen MR) is 111 cm³/mol. The molecule has 0 aliphatic carbocycles. The Labute approximate surface area is 171 Å². The van der Waals surface area contributed by atoms with Crippen molar-refractivity contribution in [1.29, 1.82) is 0 Å². The average Bonchev–Trinajstić information content (AvgIpc) is 3.33. The molecular weight excluding hydrogens is 389 g/mol. The van der Waals surface area contributed by atoms with Crippen LogP contribution in [0.25, 0.3) is 0 Å². The lowest BCUT2D eigenvalue weighted by atomic mass is 9.96. The Morgan fingerprint density at radius 2 is 1.90 bits per heavy atom. The number of carbonyl (C=O) groups is 1. The van der Waals surface area contributed by atoms with Crippen molar-refractivity contribution in [1.82, 2.24) is 4.98 Å². The molecular formula is C23H15ClFN3O. The molecule has 0 radical (unpaired) electrons. The smallest absolute Gasteiger partial charge is 0.181 e. The molecule has 0 N–H and O–H groups in total. The first-order valence-electron chi connectivity index (χ1n) is 9.24. The largest absolute Gasteiger partial charge is 0.292 e. The molecule has 5 rings (SSSR count). The summed E-state index contributed by atoms with van der Waals surface area (Å²) in [6, 6.07) is 12.3. The van der Waals surface area contributed by atoms with Crippen molar-refractivity contribution >= 4 is 34.5 Å². The van der Waals surface area contributed by atoms with Crippen LogP contribution in [0.1, 0.15) is 27.8 Å². The molecule has 2 aliphatic heterocycles. The third kappa shape index (κ3) is 3.28. The van der Waals surface area contributed by atoms with Crippen LogP contribution < -0.4 is 0 Å². The molecule has 3 heterocycles. The highest BCUT2D eigenvalue weighted by Gasteiger charge is 2.25. The highest BCUT2D eigenvalue weighted by molar-refractivity contribution is 6.42. The van der Waals surface area contributed by atoms with Crippen molar-refractivity contribution in [3.05, 3.63) is 93.5 Å². The second-order valence-electron chi connectivity index (χ2n) is 7.12.